The van der Waals surface area contributed by atoms with Gasteiger partial charge in [-0.1, -0.05) is 11.6 Å². The maximum absolute atomic E-state index is 13.9. The van der Waals surface area contributed by atoms with E-state index in [2.05, 4.69) is 4.72 Å². The number of nitrogens with one attached hydrogen (secondary N) is 1. The average molecular weight is 333 g/mol. The molecule has 2 aromatic rings. The fraction of sp³-hybridized carbons (Fsp3) is 0.0769. The molecule has 8 heteroatoms. The largest absolute Gasteiger partial charge is 0.396 e. The third kappa shape index (κ3) is 3.25. The van der Waals surface area contributed by atoms with Crippen LogP contribution in [0, 0.1) is 18.6 Å². The van der Waals surface area contributed by atoms with E-state index >= 15 is 0 Å². The summed E-state index contributed by atoms with van der Waals surface area (Å²) < 4.78 is 53.5. The van der Waals surface area contributed by atoms with Crippen LogP contribution in [0.2, 0.25) is 5.02 Å². The molecule has 0 fully saturated rings. The molecule has 3 N–H and O–H groups in total. The second kappa shape index (κ2) is 5.50. The summed E-state index contributed by atoms with van der Waals surface area (Å²) in [4.78, 5) is -0.670. The number of anilines is 2. The van der Waals surface area contributed by atoms with Gasteiger partial charge in [-0.05, 0) is 42.8 Å². The molecule has 4 nitrogen and oxygen atoms in total. The summed E-state index contributed by atoms with van der Waals surface area (Å²) in [6.45, 7) is 1.52. The fourth-order valence-electron chi connectivity index (χ4n) is 1.72. The molecule has 112 valence electrons. The molecule has 0 atom stereocenters. The Hall–Kier alpha value is -1.86. The van der Waals surface area contributed by atoms with E-state index in [0.717, 1.165) is 24.3 Å². The molecule has 0 radical (unpaired) electrons. The molecule has 0 aliphatic carbocycles. The first kappa shape index (κ1) is 15.5. The Labute approximate surface area is 125 Å². The standard InChI is InChI=1S/C13H11ClF2N2O2S/c1-7-4-9(15)2-3-11(7)18-21(19,20)12-6-8(14)5-10(17)13(12)16/h2-6,18H,17H2,1H3. The van der Waals surface area contributed by atoms with Gasteiger partial charge in [0.25, 0.3) is 10.0 Å². The molecule has 0 spiro atoms. The van der Waals surface area contributed by atoms with E-state index in [0.29, 0.717) is 5.56 Å². The lowest BCUT2D eigenvalue weighted by Gasteiger charge is -2.12. The molecule has 0 amide bonds. The summed E-state index contributed by atoms with van der Waals surface area (Å²) in [5.41, 5.74) is 5.47. The Bertz CT molecular complexity index is 810. The lowest BCUT2D eigenvalue weighted by molar-refractivity contribution is 0.572. The molecule has 0 aliphatic rings. The zero-order chi connectivity index (χ0) is 15.8. The van der Waals surface area contributed by atoms with Crippen LogP contribution in [0.3, 0.4) is 0 Å². The van der Waals surface area contributed by atoms with Crippen LogP contribution in [0.4, 0.5) is 20.2 Å². The summed E-state index contributed by atoms with van der Waals surface area (Å²) in [5.74, 6) is -1.60. The van der Waals surface area contributed by atoms with Crippen LogP contribution in [0.1, 0.15) is 5.56 Å². The van der Waals surface area contributed by atoms with Crippen molar-refractivity contribution < 1.29 is 17.2 Å². The number of aryl methyl sites for hydroxylation is 1. The maximum Gasteiger partial charge on any atom is 0.264 e. The van der Waals surface area contributed by atoms with Crippen molar-refractivity contribution in [1.82, 2.24) is 0 Å². The highest BCUT2D eigenvalue weighted by Gasteiger charge is 2.22. The normalized spacial score (nSPS) is 11.4. The van der Waals surface area contributed by atoms with Gasteiger partial charge in [0.2, 0.25) is 0 Å². The Balaban J connectivity index is 2.48. The van der Waals surface area contributed by atoms with Gasteiger partial charge in [0.15, 0.2) is 5.82 Å². The third-order valence-electron chi connectivity index (χ3n) is 2.75. The number of halogens is 3. The van der Waals surface area contributed by atoms with Crippen LogP contribution < -0.4 is 10.5 Å². The topological polar surface area (TPSA) is 72.2 Å². The van der Waals surface area contributed by atoms with Crippen LogP contribution in [-0.2, 0) is 10.0 Å². The Morgan fingerprint density at radius 1 is 1.19 bits per heavy atom. The second-order valence-electron chi connectivity index (χ2n) is 4.37. The van der Waals surface area contributed by atoms with Gasteiger partial charge >= 0.3 is 0 Å². The summed E-state index contributed by atoms with van der Waals surface area (Å²) in [6, 6.07) is 5.55. The van der Waals surface area contributed by atoms with E-state index in [1.807, 2.05) is 0 Å². The van der Waals surface area contributed by atoms with E-state index < -0.39 is 26.6 Å². The van der Waals surface area contributed by atoms with Crippen LogP contribution in [0.15, 0.2) is 35.2 Å². The average Bonchev–Trinajstić information content (AvgIpc) is 2.37. The molecule has 0 aliphatic heterocycles. The summed E-state index contributed by atoms with van der Waals surface area (Å²) in [5, 5.41) is -0.00916. The van der Waals surface area contributed by atoms with Crippen LogP contribution in [0.25, 0.3) is 0 Å². The number of nitrogens with two attached hydrogens (primary N) is 1. The number of rotatable bonds is 3. The van der Waals surface area contributed by atoms with Crippen molar-refractivity contribution in [2.24, 2.45) is 0 Å². The zero-order valence-electron chi connectivity index (χ0n) is 10.8. The van der Waals surface area contributed by atoms with Crippen molar-refractivity contribution in [2.75, 3.05) is 10.5 Å². The van der Waals surface area contributed by atoms with Crippen molar-refractivity contribution in [3.63, 3.8) is 0 Å². The quantitative estimate of drug-likeness (QED) is 0.847. The molecule has 2 aromatic carbocycles. The smallest absolute Gasteiger partial charge is 0.264 e. The number of sulfonamides is 1. The van der Waals surface area contributed by atoms with Gasteiger partial charge in [0.1, 0.15) is 10.7 Å². The minimum absolute atomic E-state index is 0.00916. The van der Waals surface area contributed by atoms with Gasteiger partial charge in [-0.15, -0.1) is 0 Å². The van der Waals surface area contributed by atoms with Crippen LogP contribution >= 0.6 is 11.6 Å². The molecular weight excluding hydrogens is 322 g/mol. The fourth-order valence-corrected chi connectivity index (χ4v) is 3.28. The van der Waals surface area contributed by atoms with Crippen molar-refractivity contribution in [3.8, 4) is 0 Å². The molecule has 0 unspecified atom stereocenters. The molecule has 0 saturated carbocycles. The maximum atomic E-state index is 13.9. The van der Waals surface area contributed by atoms with Gasteiger partial charge < -0.3 is 5.73 Å². The molecule has 21 heavy (non-hydrogen) atoms. The highest BCUT2D eigenvalue weighted by atomic mass is 35.5. The van der Waals surface area contributed by atoms with Gasteiger partial charge in [-0.25, -0.2) is 17.2 Å². The van der Waals surface area contributed by atoms with Gasteiger partial charge in [0.05, 0.1) is 11.4 Å². The van der Waals surface area contributed by atoms with E-state index in [4.69, 9.17) is 17.3 Å². The van der Waals surface area contributed by atoms with E-state index in [1.165, 1.54) is 13.0 Å². The van der Waals surface area contributed by atoms with Crippen molar-refractivity contribution in [2.45, 2.75) is 11.8 Å². The molecule has 2 rings (SSSR count). The van der Waals surface area contributed by atoms with E-state index in [-0.39, 0.29) is 16.4 Å². The highest BCUT2D eigenvalue weighted by Crippen LogP contribution is 2.27. The van der Waals surface area contributed by atoms with Crippen molar-refractivity contribution in [1.29, 1.82) is 0 Å². The number of benzene rings is 2. The third-order valence-corrected chi connectivity index (χ3v) is 4.34. The Morgan fingerprint density at radius 3 is 2.48 bits per heavy atom. The number of hydrogen-bond acceptors (Lipinski definition) is 3. The Morgan fingerprint density at radius 2 is 1.86 bits per heavy atom. The van der Waals surface area contributed by atoms with Crippen LogP contribution in [-0.4, -0.2) is 8.42 Å². The van der Waals surface area contributed by atoms with Crippen LogP contribution in [0.5, 0.6) is 0 Å². The van der Waals surface area contributed by atoms with E-state index in [1.54, 1.807) is 0 Å². The highest BCUT2D eigenvalue weighted by molar-refractivity contribution is 7.92. The first-order chi connectivity index (χ1) is 9.70. The molecule has 0 heterocycles. The SMILES string of the molecule is Cc1cc(F)ccc1NS(=O)(=O)c1cc(Cl)cc(N)c1F. The second-order valence-corrected chi connectivity index (χ2v) is 6.46. The molecule has 0 bridgehead atoms. The summed E-state index contributed by atoms with van der Waals surface area (Å²) in [7, 11) is -4.24. The first-order valence-corrected chi connectivity index (χ1v) is 7.60. The monoisotopic (exact) mass is 332 g/mol. The van der Waals surface area contributed by atoms with Gasteiger partial charge in [0, 0.05) is 5.02 Å². The summed E-state index contributed by atoms with van der Waals surface area (Å²) in [6.07, 6.45) is 0. The lowest BCUT2D eigenvalue weighted by Crippen LogP contribution is -2.16. The van der Waals surface area contributed by atoms with Gasteiger partial charge in [-0.3, -0.25) is 4.72 Å². The minimum Gasteiger partial charge on any atom is -0.396 e. The molecule has 0 aromatic heterocycles. The molecule has 0 saturated heterocycles. The predicted octanol–water partition coefficient (Wildman–Crippen LogP) is 3.31. The van der Waals surface area contributed by atoms with Gasteiger partial charge in [-0.2, -0.15) is 0 Å². The van der Waals surface area contributed by atoms with E-state index in [9.17, 15) is 17.2 Å². The number of nitrogen functional groups attached to an aromatic ring is 1. The number of hydrogen-bond donors (Lipinski definition) is 2. The lowest BCUT2D eigenvalue weighted by atomic mass is 10.2. The first-order valence-electron chi connectivity index (χ1n) is 5.74. The molecular formula is C13H11ClF2N2O2S. The minimum atomic E-state index is -4.24. The van der Waals surface area contributed by atoms with Crippen molar-refractivity contribution >= 4 is 33.0 Å². The zero-order valence-corrected chi connectivity index (χ0v) is 12.4. The van der Waals surface area contributed by atoms with Crippen molar-refractivity contribution in [3.05, 3.63) is 52.6 Å². The predicted molar refractivity (Wildman–Crippen MR) is 77.8 cm³/mol. The Kier molecular flexibility index (Phi) is 4.06. The summed E-state index contributed by atoms with van der Waals surface area (Å²) >= 11 is 5.69.